The van der Waals surface area contributed by atoms with Crippen LogP contribution in [0.25, 0.3) is 16.0 Å². The maximum absolute atomic E-state index is 12.4. The van der Waals surface area contributed by atoms with Gasteiger partial charge in [-0.15, -0.1) is 0 Å². The molecule has 0 unspecified atom stereocenters. The summed E-state index contributed by atoms with van der Waals surface area (Å²) in [4.78, 5) is 19.0. The third-order valence-electron chi connectivity index (χ3n) is 4.73. The maximum atomic E-state index is 12.4. The molecule has 0 saturated carbocycles. The Morgan fingerprint density at radius 3 is 2.60 bits per heavy atom. The molecule has 0 saturated heterocycles. The Labute approximate surface area is 178 Å². The zero-order chi connectivity index (χ0) is 21.1. The van der Waals surface area contributed by atoms with Gasteiger partial charge in [0.15, 0.2) is 10.8 Å². The van der Waals surface area contributed by atoms with Gasteiger partial charge in [-0.2, -0.15) is 10.1 Å². The fourth-order valence-electron chi connectivity index (χ4n) is 3.13. The van der Waals surface area contributed by atoms with Crippen molar-refractivity contribution in [3.63, 3.8) is 0 Å². The number of rotatable bonds is 7. The van der Waals surface area contributed by atoms with E-state index in [2.05, 4.69) is 10.4 Å². The van der Waals surface area contributed by atoms with Crippen molar-refractivity contribution in [3.05, 3.63) is 65.9 Å². The van der Waals surface area contributed by atoms with Crippen molar-refractivity contribution in [3.8, 4) is 11.4 Å². The second-order valence-electron chi connectivity index (χ2n) is 6.96. The smallest absolute Gasteiger partial charge is 0.239 e. The second kappa shape index (κ2) is 8.54. The Hall–Kier alpha value is -3.39. The van der Waals surface area contributed by atoms with Crippen LogP contribution in [0.15, 0.2) is 54.6 Å². The quantitative estimate of drug-likeness (QED) is 0.494. The summed E-state index contributed by atoms with van der Waals surface area (Å²) in [7, 11) is 3.52. The molecule has 0 fully saturated rings. The molecule has 1 N–H and O–H groups in total. The predicted molar refractivity (Wildman–Crippen MR) is 120 cm³/mol. The van der Waals surface area contributed by atoms with Crippen LogP contribution in [0.5, 0.6) is 5.75 Å². The highest BCUT2D eigenvalue weighted by molar-refractivity contribution is 7.22. The lowest BCUT2D eigenvalue weighted by molar-refractivity contribution is -0.119. The number of hydrogen-bond donors (Lipinski definition) is 1. The SMILES string of the molecule is COc1ccc(-n2nc(C)c3sc(N(C)CC(=O)NCc4ccccc4)nc32)cc1. The summed E-state index contributed by atoms with van der Waals surface area (Å²) in [6, 6.07) is 17.6. The maximum Gasteiger partial charge on any atom is 0.239 e. The first-order chi connectivity index (χ1) is 14.5. The summed E-state index contributed by atoms with van der Waals surface area (Å²) in [6.07, 6.45) is 0. The van der Waals surface area contributed by atoms with Gasteiger partial charge in [-0.25, -0.2) is 4.68 Å². The van der Waals surface area contributed by atoms with Crippen LogP contribution in [0.3, 0.4) is 0 Å². The van der Waals surface area contributed by atoms with Crippen LogP contribution in [0.1, 0.15) is 11.3 Å². The van der Waals surface area contributed by atoms with Gasteiger partial charge in [0.2, 0.25) is 5.91 Å². The Kier molecular flexibility index (Phi) is 5.67. The number of aromatic nitrogens is 3. The number of fused-ring (bicyclic) bond motifs is 1. The van der Waals surface area contributed by atoms with Crippen molar-refractivity contribution in [2.24, 2.45) is 0 Å². The minimum absolute atomic E-state index is 0.0471. The zero-order valence-electron chi connectivity index (χ0n) is 17.1. The van der Waals surface area contributed by atoms with Crippen LogP contribution < -0.4 is 15.0 Å². The van der Waals surface area contributed by atoms with Gasteiger partial charge in [0, 0.05) is 13.6 Å². The van der Waals surface area contributed by atoms with E-state index in [0.29, 0.717) is 6.54 Å². The summed E-state index contributed by atoms with van der Waals surface area (Å²) in [5.74, 6) is 0.744. The number of hydrogen-bond acceptors (Lipinski definition) is 6. The van der Waals surface area contributed by atoms with Crippen molar-refractivity contribution >= 4 is 32.7 Å². The molecule has 2 aromatic carbocycles. The van der Waals surface area contributed by atoms with Gasteiger partial charge in [-0.05, 0) is 36.8 Å². The average Bonchev–Trinajstić information content (AvgIpc) is 3.34. The Balaban J connectivity index is 1.49. The van der Waals surface area contributed by atoms with Crippen LogP contribution in [0, 0.1) is 6.92 Å². The molecule has 8 heteroatoms. The fourth-order valence-corrected chi connectivity index (χ4v) is 4.07. The number of nitrogens with zero attached hydrogens (tertiary/aromatic N) is 4. The average molecular weight is 422 g/mol. The third-order valence-corrected chi connectivity index (χ3v) is 6.00. The van der Waals surface area contributed by atoms with E-state index in [-0.39, 0.29) is 12.5 Å². The molecule has 0 aliphatic rings. The lowest BCUT2D eigenvalue weighted by Gasteiger charge is -2.15. The van der Waals surface area contributed by atoms with E-state index in [1.165, 1.54) is 11.3 Å². The van der Waals surface area contributed by atoms with Crippen molar-refractivity contribution in [1.29, 1.82) is 0 Å². The normalized spacial score (nSPS) is 10.9. The number of anilines is 1. The first-order valence-corrected chi connectivity index (χ1v) is 10.4. The number of amides is 1. The van der Waals surface area contributed by atoms with Crippen LogP contribution in [0.4, 0.5) is 5.13 Å². The van der Waals surface area contributed by atoms with E-state index >= 15 is 0 Å². The number of ether oxygens (including phenoxy) is 1. The van der Waals surface area contributed by atoms with E-state index in [4.69, 9.17) is 9.72 Å². The molecular weight excluding hydrogens is 398 g/mol. The molecule has 2 heterocycles. The number of likely N-dealkylation sites (N-methyl/N-ethyl adjacent to an activating group) is 1. The number of aryl methyl sites for hydroxylation is 1. The Bertz CT molecular complexity index is 1150. The molecule has 7 nitrogen and oxygen atoms in total. The molecule has 1 amide bonds. The Morgan fingerprint density at radius 2 is 1.90 bits per heavy atom. The topological polar surface area (TPSA) is 72.3 Å². The molecular formula is C22H23N5O2S. The molecule has 154 valence electrons. The van der Waals surface area contributed by atoms with Crippen LogP contribution in [0.2, 0.25) is 0 Å². The number of nitrogens with one attached hydrogen (secondary N) is 1. The molecule has 0 bridgehead atoms. The molecule has 0 radical (unpaired) electrons. The van der Waals surface area contributed by atoms with E-state index in [9.17, 15) is 4.79 Å². The number of benzene rings is 2. The van der Waals surface area contributed by atoms with E-state index in [1.807, 2.05) is 78.2 Å². The highest BCUT2D eigenvalue weighted by atomic mass is 32.1. The number of thiazole rings is 1. The minimum atomic E-state index is -0.0471. The molecule has 0 spiro atoms. The van der Waals surface area contributed by atoms with Crippen LogP contribution >= 0.6 is 11.3 Å². The summed E-state index contributed by atoms with van der Waals surface area (Å²) in [5.41, 5.74) is 3.68. The van der Waals surface area contributed by atoms with Gasteiger partial charge >= 0.3 is 0 Å². The molecule has 0 aliphatic carbocycles. The van der Waals surface area contributed by atoms with Crippen molar-refractivity contribution in [2.45, 2.75) is 13.5 Å². The largest absolute Gasteiger partial charge is 0.497 e. The lowest BCUT2D eigenvalue weighted by atomic mass is 10.2. The van der Waals surface area contributed by atoms with Crippen LogP contribution in [-0.4, -0.2) is 41.4 Å². The summed E-state index contributed by atoms with van der Waals surface area (Å²) in [5, 5.41) is 8.36. The highest BCUT2D eigenvalue weighted by Crippen LogP contribution is 2.32. The van der Waals surface area contributed by atoms with E-state index < -0.39 is 0 Å². The minimum Gasteiger partial charge on any atom is -0.497 e. The van der Waals surface area contributed by atoms with Gasteiger partial charge in [-0.3, -0.25) is 4.79 Å². The monoisotopic (exact) mass is 421 g/mol. The van der Waals surface area contributed by atoms with Crippen LogP contribution in [-0.2, 0) is 11.3 Å². The molecule has 4 aromatic rings. The third kappa shape index (κ3) is 4.13. The summed E-state index contributed by atoms with van der Waals surface area (Å²) < 4.78 is 8.07. The predicted octanol–water partition coefficient (Wildman–Crippen LogP) is 3.55. The standard InChI is InChI=1S/C22H23N5O2S/c1-15-20-21(27(25-15)17-9-11-18(29-3)12-10-17)24-22(30-20)26(2)14-19(28)23-13-16-7-5-4-6-8-16/h4-12H,13-14H2,1-3H3,(H,23,28). The number of carbonyl (C=O) groups excluding carboxylic acids is 1. The van der Waals surface area contributed by atoms with Gasteiger partial charge in [0.05, 0.1) is 29.7 Å². The number of carbonyl (C=O) groups is 1. The second-order valence-corrected chi connectivity index (χ2v) is 7.94. The molecule has 4 rings (SSSR count). The molecule has 30 heavy (non-hydrogen) atoms. The lowest BCUT2D eigenvalue weighted by Crippen LogP contribution is -2.34. The first-order valence-electron chi connectivity index (χ1n) is 9.57. The van der Waals surface area contributed by atoms with Crippen molar-refractivity contribution < 1.29 is 9.53 Å². The van der Waals surface area contributed by atoms with Gasteiger partial charge < -0.3 is 15.0 Å². The summed E-state index contributed by atoms with van der Waals surface area (Å²) in [6.45, 7) is 2.72. The van der Waals surface area contributed by atoms with E-state index in [1.54, 1.807) is 7.11 Å². The number of methoxy groups -OCH3 is 1. The highest BCUT2D eigenvalue weighted by Gasteiger charge is 2.18. The first kappa shape index (κ1) is 19.9. The molecule has 2 aromatic heterocycles. The fraction of sp³-hybridized carbons (Fsp3) is 0.227. The van der Waals surface area contributed by atoms with Crippen molar-refractivity contribution in [1.82, 2.24) is 20.1 Å². The van der Waals surface area contributed by atoms with Gasteiger partial charge in [0.25, 0.3) is 0 Å². The van der Waals surface area contributed by atoms with Gasteiger partial charge in [0.1, 0.15) is 5.75 Å². The van der Waals surface area contributed by atoms with Gasteiger partial charge in [-0.1, -0.05) is 41.7 Å². The summed E-state index contributed by atoms with van der Waals surface area (Å²) >= 11 is 1.54. The Morgan fingerprint density at radius 1 is 1.17 bits per heavy atom. The zero-order valence-corrected chi connectivity index (χ0v) is 17.9. The molecule has 0 aliphatic heterocycles. The van der Waals surface area contributed by atoms with E-state index in [0.717, 1.165) is 38.2 Å². The molecule has 0 atom stereocenters. The van der Waals surface area contributed by atoms with Crippen molar-refractivity contribution in [2.75, 3.05) is 25.6 Å².